The van der Waals surface area contributed by atoms with Gasteiger partial charge in [-0.2, -0.15) is 0 Å². The molecule has 0 fully saturated rings. The first-order valence-electron chi connectivity index (χ1n) is 7.21. The van der Waals surface area contributed by atoms with E-state index in [1.807, 2.05) is 44.2 Å². The minimum absolute atomic E-state index is 0.172. The zero-order chi connectivity index (χ0) is 15.9. The molecule has 1 heterocycles. The Balaban J connectivity index is 1.81. The fraction of sp³-hybridized carbons (Fsp3) is 0.400. The van der Waals surface area contributed by atoms with Crippen molar-refractivity contribution in [2.45, 2.75) is 38.8 Å². The van der Waals surface area contributed by atoms with E-state index in [1.165, 1.54) is 11.3 Å². The van der Waals surface area contributed by atoms with Crippen LogP contribution in [0.3, 0.4) is 0 Å². The fourth-order valence-electron chi connectivity index (χ4n) is 2.01. The number of aryl methyl sites for hydroxylation is 1. The standard InChI is InChI=1S/C15H20N4O2S/c1-3-13-18-19-15(22-13)17-14(21)16-10(2)9-12(20)11-7-5-4-6-8-11/h4-8,10,12,20H,3,9H2,1-2H3,(H2,16,17,19,21). The van der Waals surface area contributed by atoms with Gasteiger partial charge in [-0.15, -0.1) is 10.2 Å². The molecule has 2 rings (SSSR count). The summed E-state index contributed by atoms with van der Waals surface area (Å²) < 4.78 is 0. The number of aliphatic hydroxyl groups is 1. The Kier molecular flexibility index (Phi) is 5.85. The van der Waals surface area contributed by atoms with E-state index in [1.54, 1.807) is 0 Å². The molecular weight excluding hydrogens is 300 g/mol. The topological polar surface area (TPSA) is 87.1 Å². The quantitative estimate of drug-likeness (QED) is 0.764. The van der Waals surface area contributed by atoms with Crippen LogP contribution < -0.4 is 10.6 Å². The summed E-state index contributed by atoms with van der Waals surface area (Å²) in [5.74, 6) is 0. The number of aliphatic hydroxyl groups excluding tert-OH is 1. The van der Waals surface area contributed by atoms with Gasteiger partial charge in [0.2, 0.25) is 5.13 Å². The van der Waals surface area contributed by atoms with Crippen molar-refractivity contribution >= 4 is 22.5 Å². The van der Waals surface area contributed by atoms with E-state index >= 15 is 0 Å². The molecule has 0 aliphatic carbocycles. The summed E-state index contributed by atoms with van der Waals surface area (Å²) in [6, 6.07) is 8.88. The van der Waals surface area contributed by atoms with E-state index in [2.05, 4.69) is 20.8 Å². The number of nitrogens with one attached hydrogen (secondary N) is 2. The summed E-state index contributed by atoms with van der Waals surface area (Å²) in [7, 11) is 0. The lowest BCUT2D eigenvalue weighted by Gasteiger charge is -2.18. The van der Waals surface area contributed by atoms with E-state index in [4.69, 9.17) is 0 Å². The minimum atomic E-state index is -0.607. The highest BCUT2D eigenvalue weighted by Crippen LogP contribution is 2.18. The second kappa shape index (κ2) is 7.86. The molecule has 3 N–H and O–H groups in total. The number of nitrogens with zero attached hydrogens (tertiary/aromatic N) is 2. The molecule has 22 heavy (non-hydrogen) atoms. The van der Waals surface area contributed by atoms with Crippen molar-refractivity contribution in [1.29, 1.82) is 0 Å². The number of rotatable bonds is 6. The average molecular weight is 320 g/mol. The fourth-order valence-corrected chi connectivity index (χ4v) is 2.68. The summed E-state index contributed by atoms with van der Waals surface area (Å²) >= 11 is 1.36. The predicted molar refractivity (Wildman–Crippen MR) is 86.9 cm³/mol. The minimum Gasteiger partial charge on any atom is -0.388 e. The van der Waals surface area contributed by atoms with Crippen molar-refractivity contribution in [2.24, 2.45) is 0 Å². The first kappa shape index (κ1) is 16.4. The number of aromatic nitrogens is 2. The van der Waals surface area contributed by atoms with Crippen LogP contribution in [0.2, 0.25) is 0 Å². The van der Waals surface area contributed by atoms with Gasteiger partial charge in [-0.05, 0) is 25.3 Å². The van der Waals surface area contributed by atoms with E-state index in [9.17, 15) is 9.90 Å². The second-order valence-electron chi connectivity index (χ2n) is 5.02. The third-order valence-electron chi connectivity index (χ3n) is 3.13. The summed E-state index contributed by atoms with van der Waals surface area (Å²) in [5.41, 5.74) is 0.841. The van der Waals surface area contributed by atoms with E-state index in [0.717, 1.165) is 17.0 Å². The van der Waals surface area contributed by atoms with Crippen LogP contribution in [0.1, 0.15) is 36.9 Å². The van der Waals surface area contributed by atoms with Crippen molar-refractivity contribution < 1.29 is 9.90 Å². The van der Waals surface area contributed by atoms with Crippen molar-refractivity contribution in [3.05, 3.63) is 40.9 Å². The number of hydrogen-bond donors (Lipinski definition) is 3. The SMILES string of the molecule is CCc1nnc(NC(=O)NC(C)CC(O)c2ccccc2)s1. The number of carbonyl (C=O) groups excluding carboxylic acids is 1. The van der Waals surface area contributed by atoms with Crippen molar-refractivity contribution in [2.75, 3.05) is 5.32 Å². The van der Waals surface area contributed by atoms with Crippen molar-refractivity contribution in [3.63, 3.8) is 0 Å². The Labute approximate surface area is 133 Å². The number of hydrogen-bond acceptors (Lipinski definition) is 5. The Morgan fingerprint density at radius 2 is 2.05 bits per heavy atom. The molecular formula is C15H20N4O2S. The average Bonchev–Trinajstić information content (AvgIpc) is 2.95. The Morgan fingerprint density at radius 1 is 1.32 bits per heavy atom. The molecule has 2 unspecified atom stereocenters. The number of benzene rings is 1. The van der Waals surface area contributed by atoms with Crippen LogP contribution in [0.25, 0.3) is 0 Å². The van der Waals surface area contributed by atoms with Crippen LogP contribution in [0.4, 0.5) is 9.93 Å². The highest BCUT2D eigenvalue weighted by molar-refractivity contribution is 7.15. The molecule has 0 aliphatic heterocycles. The Morgan fingerprint density at radius 3 is 2.68 bits per heavy atom. The van der Waals surface area contributed by atoms with Crippen LogP contribution in [0, 0.1) is 0 Å². The van der Waals surface area contributed by atoms with Crippen LogP contribution in [0.5, 0.6) is 0 Å². The lowest BCUT2D eigenvalue weighted by Crippen LogP contribution is -2.37. The van der Waals surface area contributed by atoms with Gasteiger partial charge in [-0.1, -0.05) is 48.6 Å². The highest BCUT2D eigenvalue weighted by Gasteiger charge is 2.15. The summed E-state index contributed by atoms with van der Waals surface area (Å²) in [4.78, 5) is 11.9. The third kappa shape index (κ3) is 4.78. The molecule has 1 aromatic carbocycles. The molecule has 0 saturated carbocycles. The molecule has 0 saturated heterocycles. The lowest BCUT2D eigenvalue weighted by atomic mass is 10.0. The molecule has 2 atom stereocenters. The first-order chi connectivity index (χ1) is 10.6. The monoisotopic (exact) mass is 320 g/mol. The molecule has 0 aliphatic rings. The normalized spacial score (nSPS) is 13.4. The zero-order valence-corrected chi connectivity index (χ0v) is 13.4. The molecule has 1 aromatic heterocycles. The maximum Gasteiger partial charge on any atom is 0.321 e. The molecule has 6 nitrogen and oxygen atoms in total. The maximum absolute atomic E-state index is 11.9. The van der Waals surface area contributed by atoms with Crippen molar-refractivity contribution in [1.82, 2.24) is 15.5 Å². The van der Waals surface area contributed by atoms with Gasteiger partial charge in [-0.3, -0.25) is 5.32 Å². The van der Waals surface area contributed by atoms with E-state index < -0.39 is 6.10 Å². The molecule has 0 spiro atoms. The summed E-state index contributed by atoms with van der Waals surface area (Å²) in [6.45, 7) is 3.83. The van der Waals surface area contributed by atoms with Crippen molar-refractivity contribution in [3.8, 4) is 0 Å². The molecule has 0 radical (unpaired) electrons. The smallest absolute Gasteiger partial charge is 0.321 e. The Bertz CT molecular complexity index is 603. The maximum atomic E-state index is 11.9. The van der Waals surface area contributed by atoms with Crippen LogP contribution >= 0.6 is 11.3 Å². The number of carbonyl (C=O) groups is 1. The molecule has 2 aromatic rings. The predicted octanol–water partition coefficient (Wildman–Crippen LogP) is 2.73. The summed E-state index contributed by atoms with van der Waals surface area (Å²) in [6.07, 6.45) is 0.624. The molecule has 0 bridgehead atoms. The van der Waals surface area contributed by atoms with Gasteiger partial charge >= 0.3 is 6.03 Å². The summed E-state index contributed by atoms with van der Waals surface area (Å²) in [5, 5.41) is 24.8. The van der Waals surface area contributed by atoms with Crippen LogP contribution in [-0.2, 0) is 6.42 Å². The molecule has 7 heteroatoms. The van der Waals surface area contributed by atoms with Crippen LogP contribution in [-0.4, -0.2) is 27.4 Å². The number of amides is 2. The lowest BCUT2D eigenvalue weighted by molar-refractivity contribution is 0.155. The van der Waals surface area contributed by atoms with E-state index in [0.29, 0.717) is 11.6 Å². The van der Waals surface area contributed by atoms with Gasteiger partial charge in [-0.25, -0.2) is 4.79 Å². The number of urea groups is 1. The third-order valence-corrected chi connectivity index (χ3v) is 4.11. The van der Waals surface area contributed by atoms with Gasteiger partial charge in [0.05, 0.1) is 6.10 Å². The zero-order valence-electron chi connectivity index (χ0n) is 12.6. The number of anilines is 1. The molecule has 2 amide bonds. The van der Waals surface area contributed by atoms with Crippen LogP contribution in [0.15, 0.2) is 30.3 Å². The highest BCUT2D eigenvalue weighted by atomic mass is 32.1. The molecule has 118 valence electrons. The largest absolute Gasteiger partial charge is 0.388 e. The Hall–Kier alpha value is -1.99. The van der Waals surface area contributed by atoms with Gasteiger partial charge < -0.3 is 10.4 Å². The van der Waals surface area contributed by atoms with E-state index in [-0.39, 0.29) is 12.1 Å². The van der Waals surface area contributed by atoms with Gasteiger partial charge in [0.1, 0.15) is 5.01 Å². The van der Waals surface area contributed by atoms with Gasteiger partial charge in [0, 0.05) is 6.04 Å². The van der Waals surface area contributed by atoms with Gasteiger partial charge in [0.15, 0.2) is 0 Å². The first-order valence-corrected chi connectivity index (χ1v) is 8.03. The second-order valence-corrected chi connectivity index (χ2v) is 6.08. The van der Waals surface area contributed by atoms with Gasteiger partial charge in [0.25, 0.3) is 0 Å².